The van der Waals surface area contributed by atoms with Crippen LogP contribution < -0.4 is 19.7 Å². The Morgan fingerprint density at radius 3 is 2.48 bits per heavy atom. The number of carbonyl (C=O) groups is 3. The first-order valence-corrected chi connectivity index (χ1v) is 14.0. The number of para-hydroxylation sites is 1. The van der Waals surface area contributed by atoms with Crippen LogP contribution in [0.3, 0.4) is 0 Å². The number of hydrogen-bond donors (Lipinski definition) is 3. The zero-order valence-corrected chi connectivity index (χ0v) is 30.0. The molecule has 2 amide bonds. The van der Waals surface area contributed by atoms with Crippen LogP contribution in [0.5, 0.6) is 11.5 Å². The minimum absolute atomic E-state index is 0. The number of unbranched alkanes of at least 4 members (excludes halogenated alkanes) is 2. The van der Waals surface area contributed by atoms with Crippen LogP contribution in [0.15, 0.2) is 36.4 Å². The summed E-state index contributed by atoms with van der Waals surface area (Å²) in [6, 6.07) is 10.5. The number of ether oxygens (including phenoxy) is 3. The van der Waals surface area contributed by atoms with Crippen LogP contribution in [0.4, 0.5) is 5.69 Å². The van der Waals surface area contributed by atoms with Crippen LogP contribution in [0.25, 0.3) is 0 Å². The van der Waals surface area contributed by atoms with E-state index in [0.717, 1.165) is 0 Å². The predicted molar refractivity (Wildman–Crippen MR) is 155 cm³/mol. The van der Waals surface area contributed by atoms with Crippen molar-refractivity contribution >= 4 is 35.1 Å². The Bertz CT molecular complexity index is 1240. The summed E-state index contributed by atoms with van der Waals surface area (Å²) in [6.07, 6.45) is -0.369. The quantitative estimate of drug-likeness (QED) is 0.240. The van der Waals surface area contributed by atoms with Crippen molar-refractivity contribution in [3.05, 3.63) is 52.5 Å². The molecule has 2 aromatic rings. The number of halogens is 1. The summed E-state index contributed by atoms with van der Waals surface area (Å²) >= 11 is 6.44. The molecule has 42 heavy (non-hydrogen) atoms. The predicted octanol–water partition coefficient (Wildman–Crippen LogP) is 4.35. The number of aliphatic carboxylic acids is 1. The molecule has 1 radical (unpaired) electrons. The van der Waals surface area contributed by atoms with Crippen molar-refractivity contribution in [3.63, 3.8) is 0 Å². The number of hydrogen-bond acceptors (Lipinski definition) is 7. The van der Waals surface area contributed by atoms with E-state index in [4.69, 9.17) is 30.9 Å². The number of aliphatic hydroxyl groups excluding tert-OH is 1. The molecular formula is C30H39AcClN2O8. The maximum absolute atomic E-state index is 14.1. The van der Waals surface area contributed by atoms with Gasteiger partial charge in [-0.15, -0.1) is 0 Å². The van der Waals surface area contributed by atoms with Gasteiger partial charge >= 0.3 is 5.97 Å². The first-order valence-electron chi connectivity index (χ1n) is 13.6. The number of nitrogens with one attached hydrogen (secondary N) is 1. The van der Waals surface area contributed by atoms with E-state index in [0.29, 0.717) is 59.1 Å². The van der Waals surface area contributed by atoms with Crippen molar-refractivity contribution in [2.24, 2.45) is 5.41 Å². The van der Waals surface area contributed by atoms with Gasteiger partial charge in [0.2, 0.25) is 5.91 Å². The van der Waals surface area contributed by atoms with Crippen LogP contribution in [-0.2, 0) is 19.1 Å². The fraction of sp³-hybridized carbons (Fsp3) is 0.500. The number of carboxylic acid groups (broad SMARTS) is 1. The van der Waals surface area contributed by atoms with Gasteiger partial charge in [0.05, 0.1) is 20.6 Å². The number of anilines is 1. The first-order chi connectivity index (χ1) is 19.5. The minimum Gasteiger partial charge on any atom is -0.493 e. The number of aliphatic hydroxyl groups is 1. The summed E-state index contributed by atoms with van der Waals surface area (Å²) < 4.78 is 17.7. The van der Waals surface area contributed by atoms with E-state index in [2.05, 4.69) is 5.32 Å². The second kappa shape index (κ2) is 16.8. The van der Waals surface area contributed by atoms with Crippen LogP contribution in [-0.4, -0.2) is 68.0 Å². The maximum Gasteiger partial charge on any atom is 0.303 e. The number of carboxylic acids is 1. The largest absolute Gasteiger partial charge is 0.493 e. The van der Waals surface area contributed by atoms with E-state index in [1.54, 1.807) is 35.2 Å². The van der Waals surface area contributed by atoms with Crippen molar-refractivity contribution in [1.82, 2.24) is 5.32 Å². The molecule has 3 N–H and O–H groups in total. The molecule has 1 aliphatic heterocycles. The molecule has 0 saturated heterocycles. The summed E-state index contributed by atoms with van der Waals surface area (Å²) in [6.45, 7) is 4.04. The second-order valence-corrected chi connectivity index (χ2v) is 11.2. The topological polar surface area (TPSA) is 135 Å². The third-order valence-electron chi connectivity index (χ3n) is 6.90. The Balaban J connectivity index is 0.00000616. The standard InChI is InChI=1S/C30H39ClN2O8.Ac/c1-30(2,18-34)17-33-22-13-12-19(31)15-21(22)27(20-9-8-10-23(39-3)28(20)40-4)41-24(29(33)38)16-25(35)32-14-7-5-6-11-26(36)37;/h8-10,12-13,15,24,27,34H,5-7,11,14,16-18H2,1-4H3,(H,32,35)(H,36,37);/t24-,27-;/m1./s1. The average Bonchev–Trinajstić information content (AvgIpc) is 3.04. The Hall–Kier alpha value is -1.90. The van der Waals surface area contributed by atoms with Gasteiger partial charge in [-0.3, -0.25) is 14.4 Å². The molecule has 0 saturated carbocycles. The summed E-state index contributed by atoms with van der Waals surface area (Å²) in [5.74, 6) is -0.744. The van der Waals surface area contributed by atoms with Gasteiger partial charge < -0.3 is 34.6 Å². The van der Waals surface area contributed by atoms with Crippen molar-refractivity contribution < 1.29 is 82.9 Å². The maximum atomic E-state index is 14.1. The smallest absolute Gasteiger partial charge is 0.303 e. The van der Waals surface area contributed by atoms with E-state index in [-0.39, 0.29) is 76.0 Å². The fourth-order valence-electron chi connectivity index (χ4n) is 4.75. The summed E-state index contributed by atoms with van der Waals surface area (Å²) in [4.78, 5) is 39.3. The number of amides is 2. The molecule has 0 aliphatic carbocycles. The molecule has 0 unspecified atom stereocenters. The van der Waals surface area contributed by atoms with Gasteiger partial charge in [-0.1, -0.05) is 44.0 Å². The van der Waals surface area contributed by atoms with Gasteiger partial charge in [0.1, 0.15) is 12.2 Å². The number of benzene rings is 2. The fourth-order valence-corrected chi connectivity index (χ4v) is 4.93. The molecule has 1 heterocycles. The van der Waals surface area contributed by atoms with Gasteiger partial charge in [-0.2, -0.15) is 0 Å². The van der Waals surface area contributed by atoms with Crippen LogP contribution in [0.2, 0.25) is 5.02 Å². The number of nitrogens with zero attached hydrogens (tertiary/aromatic N) is 1. The number of rotatable bonds is 14. The molecule has 12 heteroatoms. The van der Waals surface area contributed by atoms with Gasteiger partial charge in [0, 0.05) is 97.4 Å². The first kappa shape index (κ1) is 36.3. The molecule has 227 valence electrons. The van der Waals surface area contributed by atoms with Gasteiger partial charge in [-0.05, 0) is 37.1 Å². The van der Waals surface area contributed by atoms with Gasteiger partial charge in [0.15, 0.2) is 11.5 Å². The third-order valence-corrected chi connectivity index (χ3v) is 7.13. The van der Waals surface area contributed by atoms with Crippen LogP contribution >= 0.6 is 11.6 Å². The Morgan fingerprint density at radius 1 is 1.10 bits per heavy atom. The van der Waals surface area contributed by atoms with E-state index < -0.39 is 29.5 Å². The number of fused-ring (bicyclic) bond motifs is 1. The molecule has 10 nitrogen and oxygen atoms in total. The molecule has 2 atom stereocenters. The van der Waals surface area contributed by atoms with Gasteiger partial charge in [-0.25, -0.2) is 0 Å². The van der Waals surface area contributed by atoms with Crippen molar-refractivity contribution in [2.75, 3.05) is 38.8 Å². The summed E-state index contributed by atoms with van der Waals surface area (Å²) in [5, 5.41) is 22.1. The van der Waals surface area contributed by atoms with Crippen LogP contribution in [0, 0.1) is 49.5 Å². The Morgan fingerprint density at radius 2 is 1.83 bits per heavy atom. The second-order valence-electron chi connectivity index (χ2n) is 10.8. The SMILES string of the molecule is COc1cccc([C@H]2O[C@H](CC(=O)NCCCCCC(=O)O)C(=O)N(CC(C)(C)CO)c3ccc(Cl)cc32)c1OC.[Ac]. The van der Waals surface area contributed by atoms with E-state index in [1.807, 2.05) is 19.9 Å². The normalized spacial score (nSPS) is 16.6. The van der Waals surface area contributed by atoms with Crippen molar-refractivity contribution in [2.45, 2.75) is 58.2 Å². The van der Waals surface area contributed by atoms with Gasteiger partial charge in [0.25, 0.3) is 5.91 Å². The van der Waals surface area contributed by atoms with Crippen molar-refractivity contribution in [3.8, 4) is 11.5 Å². The summed E-state index contributed by atoms with van der Waals surface area (Å²) in [5.41, 5.74) is 1.10. The van der Waals surface area contributed by atoms with Crippen molar-refractivity contribution in [1.29, 1.82) is 0 Å². The monoisotopic (exact) mass is 817 g/mol. The molecule has 3 rings (SSSR count). The molecule has 0 aromatic heterocycles. The average molecular weight is 818 g/mol. The van der Waals surface area contributed by atoms with E-state index >= 15 is 0 Å². The summed E-state index contributed by atoms with van der Waals surface area (Å²) in [7, 11) is 3.04. The minimum atomic E-state index is -1.16. The molecule has 1 aliphatic rings. The zero-order valence-electron chi connectivity index (χ0n) is 24.5. The molecule has 0 spiro atoms. The number of methoxy groups -OCH3 is 2. The molecular weight excluding hydrogens is 779 g/mol. The molecule has 2 aromatic carbocycles. The number of carbonyl (C=O) groups excluding carboxylic acids is 2. The zero-order chi connectivity index (χ0) is 30.2. The molecule has 0 bridgehead atoms. The Kier molecular flexibility index (Phi) is 14.5. The third kappa shape index (κ3) is 9.55. The molecule has 0 fully saturated rings. The van der Waals surface area contributed by atoms with Crippen LogP contribution in [0.1, 0.15) is 63.2 Å². The van der Waals surface area contributed by atoms with E-state index in [9.17, 15) is 19.5 Å². The van der Waals surface area contributed by atoms with E-state index in [1.165, 1.54) is 14.2 Å². The Labute approximate surface area is 287 Å².